The van der Waals surface area contributed by atoms with Gasteiger partial charge in [0, 0.05) is 28.4 Å². The molecule has 0 bridgehead atoms. The van der Waals surface area contributed by atoms with E-state index in [9.17, 15) is 8.42 Å². The summed E-state index contributed by atoms with van der Waals surface area (Å²) in [7, 11) is -3.35. The van der Waals surface area contributed by atoms with Crippen LogP contribution in [0.5, 0.6) is 0 Å². The minimum atomic E-state index is -3.35. The molecule has 2 aromatic heterocycles. The molecule has 2 aromatic carbocycles. The molecule has 0 spiro atoms. The highest BCUT2D eigenvalue weighted by Gasteiger charge is 2.22. The van der Waals surface area contributed by atoms with Crippen molar-refractivity contribution < 1.29 is 8.42 Å². The minimum Gasteiger partial charge on any atom is -0.355 e. The summed E-state index contributed by atoms with van der Waals surface area (Å²) in [6, 6.07) is 11.3. The molecule has 1 N–H and O–H groups in total. The molecule has 5 nitrogen and oxygen atoms in total. The van der Waals surface area contributed by atoms with Crippen LogP contribution in [0.1, 0.15) is 5.56 Å². The van der Waals surface area contributed by atoms with Crippen LogP contribution in [0.2, 0.25) is 0 Å². The predicted molar refractivity (Wildman–Crippen MR) is 101 cm³/mol. The number of sulfone groups is 1. The largest absolute Gasteiger partial charge is 0.355 e. The monoisotopic (exact) mass is 365 g/mol. The quantitative estimate of drug-likeness (QED) is 0.572. The van der Waals surface area contributed by atoms with Gasteiger partial charge in [-0.3, -0.25) is 4.98 Å². The van der Waals surface area contributed by atoms with E-state index in [-0.39, 0.29) is 0 Å². The first-order valence-electron chi connectivity index (χ1n) is 7.56. The summed E-state index contributed by atoms with van der Waals surface area (Å²) >= 11 is 1.60. The Labute approximate surface area is 147 Å². The van der Waals surface area contributed by atoms with Crippen LogP contribution in [0.3, 0.4) is 0 Å². The fourth-order valence-corrected chi connectivity index (χ4v) is 4.87. The van der Waals surface area contributed by atoms with Crippen molar-refractivity contribution in [2.24, 2.45) is 0 Å². The Morgan fingerprint density at radius 2 is 1.92 bits per heavy atom. The second-order valence-electron chi connectivity index (χ2n) is 5.77. The Kier molecular flexibility index (Phi) is 2.98. The standard InChI is InChI=1S/C18H11N3O2S2/c22-25(23)6-4-11-7-15-13(9-18(11)25)14(3-5-19-15)21-12-1-2-17-16(8-12)20-10-24-17/h1-10H,(H,19,21). The fraction of sp³-hybridized carbons (Fsp3) is 0. The van der Waals surface area contributed by atoms with E-state index in [4.69, 9.17) is 0 Å². The van der Waals surface area contributed by atoms with Gasteiger partial charge >= 0.3 is 0 Å². The van der Waals surface area contributed by atoms with Gasteiger partial charge in [0.05, 0.1) is 26.1 Å². The van der Waals surface area contributed by atoms with Gasteiger partial charge in [0.2, 0.25) is 0 Å². The lowest BCUT2D eigenvalue weighted by Crippen LogP contribution is -1.97. The van der Waals surface area contributed by atoms with Crippen molar-refractivity contribution >= 4 is 59.7 Å². The van der Waals surface area contributed by atoms with Crippen molar-refractivity contribution in [3.05, 3.63) is 59.1 Å². The number of fused-ring (bicyclic) bond motifs is 3. The molecule has 5 rings (SSSR count). The first kappa shape index (κ1) is 14.6. The summed E-state index contributed by atoms with van der Waals surface area (Å²) in [5, 5.41) is 5.36. The van der Waals surface area contributed by atoms with E-state index in [2.05, 4.69) is 15.3 Å². The van der Waals surface area contributed by atoms with Gasteiger partial charge in [-0.25, -0.2) is 13.4 Å². The van der Waals surface area contributed by atoms with Gasteiger partial charge in [0.25, 0.3) is 0 Å². The molecule has 25 heavy (non-hydrogen) atoms. The van der Waals surface area contributed by atoms with E-state index in [1.807, 2.05) is 29.8 Å². The van der Waals surface area contributed by atoms with Crippen molar-refractivity contribution in [1.82, 2.24) is 9.97 Å². The molecule has 0 fully saturated rings. The molecule has 0 atom stereocenters. The van der Waals surface area contributed by atoms with E-state index >= 15 is 0 Å². The Bertz CT molecular complexity index is 1290. The average molecular weight is 365 g/mol. The lowest BCUT2D eigenvalue weighted by atomic mass is 10.1. The first-order chi connectivity index (χ1) is 12.1. The van der Waals surface area contributed by atoms with Gasteiger partial charge in [-0.1, -0.05) is 0 Å². The Balaban J connectivity index is 1.66. The molecular weight excluding hydrogens is 354 g/mol. The smallest absolute Gasteiger partial charge is 0.200 e. The van der Waals surface area contributed by atoms with Crippen molar-refractivity contribution in [2.45, 2.75) is 4.90 Å². The fourth-order valence-electron chi connectivity index (χ4n) is 3.00. The van der Waals surface area contributed by atoms with Crippen LogP contribution in [-0.4, -0.2) is 18.4 Å². The number of nitrogens with zero attached hydrogens (tertiary/aromatic N) is 2. The van der Waals surface area contributed by atoms with E-state index in [0.29, 0.717) is 10.5 Å². The van der Waals surface area contributed by atoms with E-state index in [1.165, 1.54) is 5.41 Å². The summed E-state index contributed by atoms with van der Waals surface area (Å²) in [6.07, 6.45) is 3.33. The topological polar surface area (TPSA) is 72.0 Å². The first-order valence-corrected chi connectivity index (χ1v) is 9.99. The highest BCUT2D eigenvalue weighted by atomic mass is 32.2. The zero-order chi connectivity index (χ0) is 17.0. The molecule has 1 aliphatic rings. The molecule has 0 amide bonds. The molecular formula is C18H11N3O2S2. The zero-order valence-electron chi connectivity index (χ0n) is 12.8. The van der Waals surface area contributed by atoms with Gasteiger partial charge in [0.15, 0.2) is 9.84 Å². The number of nitrogens with one attached hydrogen (secondary N) is 1. The van der Waals surface area contributed by atoms with Crippen molar-refractivity contribution in [3.8, 4) is 0 Å². The molecule has 3 heterocycles. The Hall–Kier alpha value is -2.77. The predicted octanol–water partition coefficient (Wildman–Crippen LogP) is 4.35. The molecule has 0 saturated carbocycles. The van der Waals surface area contributed by atoms with Crippen LogP contribution in [-0.2, 0) is 9.84 Å². The van der Waals surface area contributed by atoms with Gasteiger partial charge in [-0.2, -0.15) is 0 Å². The second-order valence-corrected chi connectivity index (χ2v) is 8.46. The normalized spacial score (nSPS) is 14.9. The summed E-state index contributed by atoms with van der Waals surface area (Å²) < 4.78 is 25.4. The maximum Gasteiger partial charge on any atom is 0.200 e. The molecule has 7 heteroatoms. The summed E-state index contributed by atoms with van der Waals surface area (Å²) in [6.45, 7) is 0. The SMILES string of the molecule is O=S1(=O)C=Cc2cc3nccc(Nc4ccc5scnc5c4)c3cc21. The number of hydrogen-bond donors (Lipinski definition) is 1. The number of pyridine rings is 1. The van der Waals surface area contributed by atoms with Gasteiger partial charge < -0.3 is 5.32 Å². The lowest BCUT2D eigenvalue weighted by Gasteiger charge is -2.11. The molecule has 4 aromatic rings. The molecule has 0 saturated heterocycles. The highest BCUT2D eigenvalue weighted by Crippen LogP contribution is 2.34. The summed E-state index contributed by atoms with van der Waals surface area (Å²) in [5.41, 5.74) is 5.89. The number of rotatable bonds is 2. The zero-order valence-corrected chi connectivity index (χ0v) is 14.4. The Morgan fingerprint density at radius 3 is 2.84 bits per heavy atom. The molecule has 0 unspecified atom stereocenters. The van der Waals surface area contributed by atoms with E-state index in [1.54, 1.807) is 35.7 Å². The van der Waals surface area contributed by atoms with E-state index < -0.39 is 9.84 Å². The highest BCUT2D eigenvalue weighted by molar-refractivity contribution is 7.94. The van der Waals surface area contributed by atoms with Crippen molar-refractivity contribution in [1.29, 1.82) is 0 Å². The third kappa shape index (κ3) is 2.32. The summed E-state index contributed by atoms with van der Waals surface area (Å²) in [4.78, 5) is 9.02. The molecule has 122 valence electrons. The third-order valence-electron chi connectivity index (χ3n) is 4.22. The van der Waals surface area contributed by atoms with Crippen LogP contribution in [0.25, 0.3) is 27.2 Å². The average Bonchev–Trinajstić information content (AvgIpc) is 3.18. The number of anilines is 2. The van der Waals surface area contributed by atoms with Crippen LogP contribution >= 0.6 is 11.3 Å². The molecule has 0 radical (unpaired) electrons. The number of hydrogen-bond acceptors (Lipinski definition) is 6. The second kappa shape index (κ2) is 5.11. The molecule has 0 aliphatic carbocycles. The maximum absolute atomic E-state index is 12.1. The minimum absolute atomic E-state index is 0.325. The number of thiazole rings is 1. The lowest BCUT2D eigenvalue weighted by molar-refractivity contribution is 0.605. The van der Waals surface area contributed by atoms with Crippen LogP contribution in [0, 0.1) is 0 Å². The summed E-state index contributed by atoms with van der Waals surface area (Å²) in [5.74, 6) is 0. The number of benzene rings is 2. The maximum atomic E-state index is 12.1. The Morgan fingerprint density at radius 1 is 1.00 bits per heavy atom. The van der Waals surface area contributed by atoms with Gasteiger partial charge in [-0.05, 0) is 48.0 Å². The van der Waals surface area contributed by atoms with Crippen molar-refractivity contribution in [2.75, 3.05) is 5.32 Å². The van der Waals surface area contributed by atoms with Crippen LogP contribution < -0.4 is 5.32 Å². The third-order valence-corrected chi connectivity index (χ3v) is 6.49. The number of aromatic nitrogens is 2. The van der Waals surface area contributed by atoms with E-state index in [0.717, 1.165) is 32.5 Å². The van der Waals surface area contributed by atoms with Crippen molar-refractivity contribution in [3.63, 3.8) is 0 Å². The van der Waals surface area contributed by atoms with Crippen LogP contribution in [0.15, 0.2) is 58.4 Å². The van der Waals surface area contributed by atoms with Crippen LogP contribution in [0.4, 0.5) is 11.4 Å². The van der Waals surface area contributed by atoms with Gasteiger partial charge in [0.1, 0.15) is 0 Å². The molecule has 1 aliphatic heterocycles. The van der Waals surface area contributed by atoms with Gasteiger partial charge in [-0.15, -0.1) is 11.3 Å².